The van der Waals surface area contributed by atoms with Gasteiger partial charge in [0.25, 0.3) is 0 Å². The van der Waals surface area contributed by atoms with Crippen molar-refractivity contribution in [2.24, 2.45) is 0 Å². The Bertz CT molecular complexity index is 48.1. The Labute approximate surface area is 44.7 Å². The third kappa shape index (κ3) is 5.70. The monoisotopic (exact) mass is 98.1 g/mol. The van der Waals surface area contributed by atoms with E-state index < -0.39 is 0 Å². The summed E-state index contributed by atoms with van der Waals surface area (Å²) in [7, 11) is 0. The predicted octanol–water partition coefficient (Wildman–Crippen LogP) is 1.59. The van der Waals surface area contributed by atoms with Gasteiger partial charge in [-0.1, -0.05) is 12.2 Å². The van der Waals surface area contributed by atoms with E-state index in [9.17, 15) is 5.11 Å². The SMILES string of the molecule is [CH2]C=CCCC[O]. The van der Waals surface area contributed by atoms with Crippen LogP contribution in [0.3, 0.4) is 0 Å². The van der Waals surface area contributed by atoms with Crippen molar-refractivity contribution < 1.29 is 5.11 Å². The quantitative estimate of drug-likeness (QED) is 0.478. The molecule has 0 saturated heterocycles. The lowest BCUT2D eigenvalue weighted by molar-refractivity contribution is 0.190. The molecule has 0 N–H and O–H groups in total. The van der Waals surface area contributed by atoms with E-state index in [1.807, 2.05) is 6.08 Å². The van der Waals surface area contributed by atoms with Crippen molar-refractivity contribution in [3.8, 4) is 0 Å². The van der Waals surface area contributed by atoms with Gasteiger partial charge in [0.2, 0.25) is 0 Å². The Hall–Kier alpha value is -0.300. The highest BCUT2D eigenvalue weighted by Gasteiger charge is 1.75. The zero-order chi connectivity index (χ0) is 5.54. The standard InChI is InChI=1S/C6H10O/c1-2-3-4-5-6-7/h2-3H,1,4-6H2. The highest BCUT2D eigenvalue weighted by molar-refractivity contribution is 4.82. The highest BCUT2D eigenvalue weighted by atomic mass is 16.2. The molecule has 2 radical (unpaired) electrons. The molecule has 0 aromatic carbocycles. The minimum absolute atomic E-state index is 0.0321. The maximum Gasteiger partial charge on any atom is 0.0825 e. The molecular formula is C6H10O. The average molecular weight is 98.1 g/mol. The first-order valence-electron chi connectivity index (χ1n) is 2.44. The van der Waals surface area contributed by atoms with Crippen LogP contribution < -0.4 is 0 Å². The van der Waals surface area contributed by atoms with Crippen molar-refractivity contribution in [3.63, 3.8) is 0 Å². The van der Waals surface area contributed by atoms with Crippen molar-refractivity contribution in [1.82, 2.24) is 0 Å². The topological polar surface area (TPSA) is 19.9 Å². The fraction of sp³-hybridized carbons (Fsp3) is 0.500. The van der Waals surface area contributed by atoms with Gasteiger partial charge in [0.15, 0.2) is 0 Å². The lowest BCUT2D eigenvalue weighted by Crippen LogP contribution is -1.74. The molecule has 0 saturated carbocycles. The molecule has 0 aromatic heterocycles. The largest absolute Gasteiger partial charge is 0.237 e. The number of hydrogen-bond donors (Lipinski definition) is 0. The summed E-state index contributed by atoms with van der Waals surface area (Å²) in [5.41, 5.74) is 0. The van der Waals surface area contributed by atoms with Gasteiger partial charge in [-0.3, -0.25) is 0 Å². The van der Waals surface area contributed by atoms with Crippen LogP contribution in [0.25, 0.3) is 0 Å². The Kier molecular flexibility index (Phi) is 5.46. The summed E-state index contributed by atoms with van der Waals surface area (Å²) in [5, 5.41) is 9.75. The molecular weight excluding hydrogens is 88.1 g/mol. The van der Waals surface area contributed by atoms with Gasteiger partial charge in [0, 0.05) is 0 Å². The Morgan fingerprint density at radius 2 is 2.29 bits per heavy atom. The molecule has 0 atom stereocenters. The second kappa shape index (κ2) is 5.70. The van der Waals surface area contributed by atoms with E-state index in [4.69, 9.17) is 0 Å². The van der Waals surface area contributed by atoms with Gasteiger partial charge < -0.3 is 0 Å². The Morgan fingerprint density at radius 1 is 1.57 bits per heavy atom. The average Bonchev–Trinajstić information content (AvgIpc) is 1.69. The van der Waals surface area contributed by atoms with Gasteiger partial charge in [-0.15, -0.1) is 0 Å². The molecule has 0 amide bonds. The molecule has 0 fully saturated rings. The summed E-state index contributed by atoms with van der Waals surface area (Å²) in [6.45, 7) is 3.51. The van der Waals surface area contributed by atoms with Crippen LogP contribution in [0, 0.1) is 6.92 Å². The summed E-state index contributed by atoms with van der Waals surface area (Å²) < 4.78 is 0. The summed E-state index contributed by atoms with van der Waals surface area (Å²) in [4.78, 5) is 0. The highest BCUT2D eigenvalue weighted by Crippen LogP contribution is 1.86. The normalized spacial score (nSPS) is 10.6. The summed E-state index contributed by atoms with van der Waals surface area (Å²) >= 11 is 0. The van der Waals surface area contributed by atoms with Crippen LogP contribution in [0.5, 0.6) is 0 Å². The lowest BCUT2D eigenvalue weighted by Gasteiger charge is -1.81. The van der Waals surface area contributed by atoms with Crippen molar-refractivity contribution in [3.05, 3.63) is 19.1 Å². The zero-order valence-electron chi connectivity index (χ0n) is 4.39. The van der Waals surface area contributed by atoms with E-state index in [1.54, 1.807) is 6.08 Å². The zero-order valence-corrected chi connectivity index (χ0v) is 4.39. The maximum absolute atomic E-state index is 9.75. The molecule has 0 spiro atoms. The third-order valence-electron chi connectivity index (χ3n) is 0.682. The van der Waals surface area contributed by atoms with Crippen molar-refractivity contribution in [2.75, 3.05) is 6.61 Å². The summed E-state index contributed by atoms with van der Waals surface area (Å²) in [5.74, 6) is 0. The van der Waals surface area contributed by atoms with Gasteiger partial charge in [0.05, 0.1) is 6.61 Å². The molecule has 0 rings (SSSR count). The van der Waals surface area contributed by atoms with Crippen LogP contribution >= 0.6 is 0 Å². The first-order valence-corrected chi connectivity index (χ1v) is 2.44. The molecule has 1 nitrogen and oxygen atoms in total. The van der Waals surface area contributed by atoms with E-state index in [-0.39, 0.29) is 6.61 Å². The fourth-order valence-electron chi connectivity index (χ4n) is 0.319. The molecule has 0 heterocycles. The van der Waals surface area contributed by atoms with Crippen molar-refractivity contribution in [2.45, 2.75) is 12.8 Å². The smallest absolute Gasteiger partial charge is 0.0825 e. The molecule has 7 heavy (non-hydrogen) atoms. The van der Waals surface area contributed by atoms with E-state index >= 15 is 0 Å². The molecule has 0 aromatic rings. The number of unbranched alkanes of at least 4 members (excludes halogenated alkanes) is 1. The summed E-state index contributed by atoms with van der Waals surface area (Å²) in [6.07, 6.45) is 5.24. The predicted molar refractivity (Wildman–Crippen MR) is 29.3 cm³/mol. The minimum atomic E-state index is 0.0321. The molecule has 0 aliphatic carbocycles. The second-order valence-corrected chi connectivity index (χ2v) is 1.32. The molecule has 0 aliphatic rings. The van der Waals surface area contributed by atoms with Gasteiger partial charge in [-0.25, -0.2) is 5.11 Å². The summed E-state index contributed by atoms with van der Waals surface area (Å²) in [6, 6.07) is 0. The molecule has 1 heteroatoms. The van der Waals surface area contributed by atoms with Gasteiger partial charge in [-0.2, -0.15) is 0 Å². The first-order chi connectivity index (χ1) is 3.41. The van der Waals surface area contributed by atoms with Crippen molar-refractivity contribution in [1.29, 1.82) is 0 Å². The Balaban J connectivity index is 2.69. The van der Waals surface area contributed by atoms with Gasteiger partial charge in [-0.05, 0) is 19.8 Å². The van der Waals surface area contributed by atoms with Crippen molar-refractivity contribution >= 4 is 0 Å². The van der Waals surface area contributed by atoms with Crippen LogP contribution in [0.1, 0.15) is 12.8 Å². The van der Waals surface area contributed by atoms with Crippen LogP contribution in [-0.2, 0) is 5.11 Å². The fourth-order valence-corrected chi connectivity index (χ4v) is 0.319. The maximum atomic E-state index is 9.75. The second-order valence-electron chi connectivity index (χ2n) is 1.32. The minimum Gasteiger partial charge on any atom is -0.237 e. The number of rotatable bonds is 3. The lowest BCUT2D eigenvalue weighted by atomic mass is 10.3. The van der Waals surface area contributed by atoms with Crippen LogP contribution in [-0.4, -0.2) is 6.61 Å². The van der Waals surface area contributed by atoms with Gasteiger partial charge in [0.1, 0.15) is 0 Å². The molecule has 40 valence electrons. The number of allylic oxidation sites excluding steroid dienone is 2. The Morgan fingerprint density at radius 3 is 2.71 bits per heavy atom. The van der Waals surface area contributed by atoms with Gasteiger partial charge >= 0.3 is 0 Å². The van der Waals surface area contributed by atoms with Crippen LogP contribution in [0.4, 0.5) is 0 Å². The number of hydrogen-bond acceptors (Lipinski definition) is 0. The van der Waals surface area contributed by atoms with E-state index in [1.165, 1.54) is 0 Å². The molecule has 0 unspecified atom stereocenters. The molecule has 0 bridgehead atoms. The van der Waals surface area contributed by atoms with Crippen LogP contribution in [0.2, 0.25) is 0 Å². The van der Waals surface area contributed by atoms with E-state index in [2.05, 4.69) is 6.92 Å². The first kappa shape index (κ1) is 6.70. The molecule has 0 aliphatic heterocycles. The third-order valence-corrected chi connectivity index (χ3v) is 0.682. The van der Waals surface area contributed by atoms with E-state index in [0.717, 1.165) is 12.8 Å². The van der Waals surface area contributed by atoms with Crippen LogP contribution in [0.15, 0.2) is 12.2 Å². The van der Waals surface area contributed by atoms with E-state index in [0.29, 0.717) is 0 Å².